The molecule has 5 heteroatoms. The van der Waals surface area contributed by atoms with Crippen LogP contribution in [0.15, 0.2) is 29.2 Å². The maximum Gasteiger partial charge on any atom is 0.240 e. The molecule has 0 aromatic heterocycles. The maximum atomic E-state index is 12.0. The molecule has 0 unspecified atom stereocenters. The minimum Gasteiger partial charge on any atom is -0.310 e. The first-order valence-electron chi connectivity index (χ1n) is 6.79. The van der Waals surface area contributed by atoms with E-state index in [0.29, 0.717) is 23.4 Å². The third-order valence-corrected chi connectivity index (χ3v) is 4.53. The van der Waals surface area contributed by atoms with Crippen molar-refractivity contribution in [2.45, 2.75) is 44.2 Å². The van der Waals surface area contributed by atoms with E-state index in [1.54, 1.807) is 12.1 Å². The first-order valence-corrected chi connectivity index (χ1v) is 8.27. The lowest BCUT2D eigenvalue weighted by atomic mass is 10.2. The van der Waals surface area contributed by atoms with Crippen LogP contribution in [0, 0.1) is 5.92 Å². The van der Waals surface area contributed by atoms with E-state index >= 15 is 0 Å². The molecule has 0 saturated heterocycles. The molecule has 1 aromatic rings. The smallest absolute Gasteiger partial charge is 0.240 e. The van der Waals surface area contributed by atoms with Gasteiger partial charge in [-0.05, 0) is 36.5 Å². The van der Waals surface area contributed by atoms with Gasteiger partial charge in [-0.25, -0.2) is 13.1 Å². The predicted octanol–water partition coefficient (Wildman–Crippen LogP) is 1.87. The van der Waals surface area contributed by atoms with E-state index in [9.17, 15) is 8.42 Å². The van der Waals surface area contributed by atoms with E-state index < -0.39 is 10.0 Å². The molecule has 19 heavy (non-hydrogen) atoms. The molecule has 1 saturated carbocycles. The summed E-state index contributed by atoms with van der Waals surface area (Å²) in [7, 11) is -3.36. The van der Waals surface area contributed by atoms with Crippen molar-refractivity contribution < 1.29 is 8.42 Å². The second-order valence-corrected chi connectivity index (χ2v) is 7.31. The Hall–Kier alpha value is -0.910. The average Bonchev–Trinajstić information content (AvgIpc) is 3.19. The van der Waals surface area contributed by atoms with Crippen molar-refractivity contribution in [3.05, 3.63) is 29.8 Å². The monoisotopic (exact) mass is 282 g/mol. The Morgan fingerprint density at radius 1 is 1.21 bits per heavy atom. The van der Waals surface area contributed by atoms with Gasteiger partial charge in [-0.15, -0.1) is 0 Å². The van der Waals surface area contributed by atoms with Gasteiger partial charge in [0, 0.05) is 19.1 Å². The lowest BCUT2D eigenvalue weighted by molar-refractivity contribution is 0.560. The number of hydrogen-bond donors (Lipinski definition) is 2. The second-order valence-electron chi connectivity index (χ2n) is 5.54. The molecule has 1 aromatic carbocycles. The number of nitrogens with one attached hydrogen (secondary N) is 2. The molecule has 2 N–H and O–H groups in total. The fourth-order valence-corrected chi connectivity index (χ4v) is 2.91. The highest BCUT2D eigenvalue weighted by Gasteiger charge is 2.20. The van der Waals surface area contributed by atoms with Gasteiger partial charge in [-0.3, -0.25) is 0 Å². The van der Waals surface area contributed by atoms with Crippen molar-refractivity contribution in [3.8, 4) is 0 Å². The zero-order valence-electron chi connectivity index (χ0n) is 11.5. The van der Waals surface area contributed by atoms with Crippen molar-refractivity contribution in [3.63, 3.8) is 0 Å². The van der Waals surface area contributed by atoms with Crippen molar-refractivity contribution in [1.29, 1.82) is 0 Å². The van der Waals surface area contributed by atoms with E-state index in [-0.39, 0.29) is 0 Å². The summed E-state index contributed by atoms with van der Waals surface area (Å²) in [6, 6.07) is 7.76. The highest BCUT2D eigenvalue weighted by Crippen LogP contribution is 2.19. The normalized spacial score (nSPS) is 15.9. The van der Waals surface area contributed by atoms with Crippen molar-refractivity contribution in [2.75, 3.05) is 6.54 Å². The number of sulfonamides is 1. The molecule has 0 aliphatic heterocycles. The highest BCUT2D eigenvalue weighted by molar-refractivity contribution is 7.89. The van der Waals surface area contributed by atoms with Gasteiger partial charge in [-0.1, -0.05) is 26.0 Å². The van der Waals surface area contributed by atoms with Gasteiger partial charge < -0.3 is 5.32 Å². The summed E-state index contributed by atoms with van der Waals surface area (Å²) in [5, 5.41) is 3.41. The summed E-state index contributed by atoms with van der Waals surface area (Å²) in [6.07, 6.45) is 2.51. The fraction of sp³-hybridized carbons (Fsp3) is 0.571. The highest BCUT2D eigenvalue weighted by atomic mass is 32.2. The Morgan fingerprint density at radius 3 is 2.37 bits per heavy atom. The number of hydrogen-bond acceptors (Lipinski definition) is 3. The van der Waals surface area contributed by atoms with Crippen LogP contribution in [0.5, 0.6) is 0 Å². The molecular formula is C14H22N2O2S. The van der Waals surface area contributed by atoms with Gasteiger partial charge in [0.25, 0.3) is 0 Å². The van der Waals surface area contributed by atoms with Crippen LogP contribution in [0.1, 0.15) is 32.3 Å². The van der Waals surface area contributed by atoms with Crippen LogP contribution in [0.25, 0.3) is 0 Å². The number of benzene rings is 1. The molecule has 2 rings (SSSR count). The molecule has 0 amide bonds. The average molecular weight is 282 g/mol. The standard InChI is InChI=1S/C14H22N2O2S/c1-11(2)9-16-19(17,18)14-7-3-12(4-8-14)10-15-13-5-6-13/h3-4,7-8,11,13,15-16H,5-6,9-10H2,1-2H3. The van der Waals surface area contributed by atoms with E-state index in [0.717, 1.165) is 12.1 Å². The van der Waals surface area contributed by atoms with E-state index in [1.165, 1.54) is 12.8 Å². The third kappa shape index (κ3) is 4.60. The molecule has 0 atom stereocenters. The summed E-state index contributed by atoms with van der Waals surface area (Å²) < 4.78 is 26.6. The van der Waals surface area contributed by atoms with Crippen LogP contribution in [0.4, 0.5) is 0 Å². The lowest BCUT2D eigenvalue weighted by Crippen LogP contribution is -2.27. The molecule has 1 fully saturated rings. The van der Waals surface area contributed by atoms with Crippen LogP contribution >= 0.6 is 0 Å². The van der Waals surface area contributed by atoms with E-state index in [2.05, 4.69) is 10.0 Å². The Morgan fingerprint density at radius 2 is 1.84 bits per heavy atom. The topological polar surface area (TPSA) is 58.2 Å². The maximum absolute atomic E-state index is 12.0. The Balaban J connectivity index is 1.95. The first kappa shape index (κ1) is 14.5. The molecule has 106 valence electrons. The van der Waals surface area contributed by atoms with Crippen molar-refractivity contribution in [1.82, 2.24) is 10.0 Å². The van der Waals surface area contributed by atoms with Crippen LogP contribution in [0.3, 0.4) is 0 Å². The summed E-state index contributed by atoms with van der Waals surface area (Å²) >= 11 is 0. The molecule has 1 aliphatic carbocycles. The van der Waals surface area contributed by atoms with Crippen molar-refractivity contribution in [2.24, 2.45) is 5.92 Å². The van der Waals surface area contributed by atoms with Gasteiger partial charge >= 0.3 is 0 Å². The summed E-state index contributed by atoms with van der Waals surface area (Å²) in [5.41, 5.74) is 1.12. The molecule has 0 spiro atoms. The number of rotatable bonds is 7. The quantitative estimate of drug-likeness (QED) is 0.802. The van der Waals surface area contributed by atoms with Gasteiger partial charge in [0.05, 0.1) is 4.90 Å². The van der Waals surface area contributed by atoms with Crippen molar-refractivity contribution >= 4 is 10.0 Å². The van der Waals surface area contributed by atoms with E-state index in [1.807, 2.05) is 26.0 Å². The molecule has 0 heterocycles. The van der Waals surface area contributed by atoms with Gasteiger partial charge in [0.1, 0.15) is 0 Å². The van der Waals surface area contributed by atoms with Crippen LogP contribution in [0.2, 0.25) is 0 Å². The molecule has 4 nitrogen and oxygen atoms in total. The fourth-order valence-electron chi connectivity index (χ4n) is 1.70. The van der Waals surface area contributed by atoms with Crippen LogP contribution < -0.4 is 10.0 Å². The second kappa shape index (κ2) is 6.03. The zero-order chi connectivity index (χ0) is 13.9. The Kier molecular flexibility index (Phi) is 4.60. The largest absolute Gasteiger partial charge is 0.310 e. The van der Waals surface area contributed by atoms with Gasteiger partial charge in [0.15, 0.2) is 0 Å². The SMILES string of the molecule is CC(C)CNS(=O)(=O)c1ccc(CNC2CC2)cc1. The summed E-state index contributed by atoms with van der Waals surface area (Å²) in [5.74, 6) is 0.303. The molecule has 0 bridgehead atoms. The Bertz CT molecular complexity index is 505. The molecule has 0 radical (unpaired) electrons. The Labute approximate surface area is 115 Å². The molecule has 1 aliphatic rings. The van der Waals surface area contributed by atoms with Gasteiger partial charge in [-0.2, -0.15) is 0 Å². The van der Waals surface area contributed by atoms with Crippen LogP contribution in [-0.2, 0) is 16.6 Å². The summed E-state index contributed by atoms with van der Waals surface area (Å²) in [4.78, 5) is 0.336. The lowest BCUT2D eigenvalue weighted by Gasteiger charge is -2.09. The predicted molar refractivity (Wildman–Crippen MR) is 76.3 cm³/mol. The third-order valence-electron chi connectivity index (χ3n) is 3.09. The molecular weight excluding hydrogens is 260 g/mol. The van der Waals surface area contributed by atoms with Gasteiger partial charge in [0.2, 0.25) is 10.0 Å². The minimum absolute atomic E-state index is 0.303. The zero-order valence-corrected chi connectivity index (χ0v) is 12.3. The van der Waals surface area contributed by atoms with Crippen LogP contribution in [-0.4, -0.2) is 21.0 Å². The summed E-state index contributed by atoms with van der Waals surface area (Å²) in [6.45, 7) is 5.24. The van der Waals surface area contributed by atoms with E-state index in [4.69, 9.17) is 0 Å². The minimum atomic E-state index is -3.36. The first-order chi connectivity index (χ1) is 8.97.